The summed E-state index contributed by atoms with van der Waals surface area (Å²) in [4.78, 5) is 29.3. The zero-order valence-electron chi connectivity index (χ0n) is 19.4. The number of nitrogens with zero attached hydrogens (tertiary/aromatic N) is 4. The number of anilines is 2. The number of aromatic nitrogens is 3. The maximum Gasteiger partial charge on any atom is 0.230 e. The number of thiazole rings is 1. The van der Waals surface area contributed by atoms with Gasteiger partial charge in [-0.2, -0.15) is 0 Å². The number of hydrogen-bond acceptors (Lipinski definition) is 9. The number of nitrogen functional groups attached to an aromatic ring is 1. The van der Waals surface area contributed by atoms with Crippen molar-refractivity contribution < 1.29 is 13.2 Å². The van der Waals surface area contributed by atoms with Gasteiger partial charge in [0.15, 0.2) is 15.0 Å². The molecule has 1 aliphatic rings. The Bertz CT molecular complexity index is 1270. The lowest BCUT2D eigenvalue weighted by atomic mass is 10.0. The van der Waals surface area contributed by atoms with Crippen molar-refractivity contribution in [3.05, 3.63) is 58.4 Å². The molecule has 11 heteroatoms. The number of carbonyl (C=O) groups excluding carboxylic acids is 1. The van der Waals surface area contributed by atoms with Crippen LogP contribution in [0.1, 0.15) is 48.5 Å². The number of sulfone groups is 1. The first kappa shape index (κ1) is 24.2. The Kier molecular flexibility index (Phi) is 6.96. The first-order valence-electron chi connectivity index (χ1n) is 11.1. The zero-order chi connectivity index (χ0) is 24.5. The highest BCUT2D eigenvalue weighted by molar-refractivity contribution is 7.91. The highest BCUT2D eigenvalue weighted by atomic mass is 32.2. The summed E-state index contributed by atoms with van der Waals surface area (Å²) in [6.45, 7) is 7.36. The van der Waals surface area contributed by atoms with Gasteiger partial charge in [-0.05, 0) is 23.6 Å². The third kappa shape index (κ3) is 5.26. The van der Waals surface area contributed by atoms with Crippen LogP contribution in [0.3, 0.4) is 0 Å². The van der Waals surface area contributed by atoms with Crippen LogP contribution in [0.15, 0.2) is 41.6 Å². The van der Waals surface area contributed by atoms with Crippen LogP contribution in [0.25, 0.3) is 0 Å². The largest absolute Gasteiger partial charge is 0.368 e. The molecule has 9 nitrogen and oxygen atoms in total. The van der Waals surface area contributed by atoms with E-state index < -0.39 is 9.84 Å². The summed E-state index contributed by atoms with van der Waals surface area (Å²) in [6.07, 6.45) is 3.64. The molecule has 4 rings (SSSR count). The molecule has 3 N–H and O–H groups in total. The van der Waals surface area contributed by atoms with Crippen LogP contribution < -0.4 is 11.1 Å². The molecule has 3 aromatic rings. The number of fused-ring (bicyclic) bond motifs is 1. The molecule has 0 bridgehead atoms. The Balaban J connectivity index is 1.41. The predicted molar refractivity (Wildman–Crippen MR) is 132 cm³/mol. The average molecular weight is 501 g/mol. The molecule has 1 atom stereocenters. The number of nitrogens with two attached hydrogens (primary N) is 1. The van der Waals surface area contributed by atoms with E-state index in [1.165, 1.54) is 11.3 Å². The van der Waals surface area contributed by atoms with Gasteiger partial charge < -0.3 is 11.1 Å². The van der Waals surface area contributed by atoms with Crippen molar-refractivity contribution in [2.75, 3.05) is 16.8 Å². The van der Waals surface area contributed by atoms with E-state index in [1.807, 2.05) is 0 Å². The van der Waals surface area contributed by atoms with E-state index in [9.17, 15) is 13.2 Å². The Morgan fingerprint density at radius 3 is 2.50 bits per heavy atom. The van der Waals surface area contributed by atoms with E-state index in [0.717, 1.165) is 28.2 Å². The fourth-order valence-corrected chi connectivity index (χ4v) is 6.05. The molecular formula is C23H28N6O3S2. The lowest BCUT2D eigenvalue weighted by Gasteiger charge is -2.27. The van der Waals surface area contributed by atoms with Crippen molar-refractivity contribution in [3.8, 4) is 0 Å². The normalized spacial score (nSPS) is 16.1. The fourth-order valence-electron chi connectivity index (χ4n) is 4.12. The molecule has 1 unspecified atom stereocenters. The van der Waals surface area contributed by atoms with Gasteiger partial charge in [0, 0.05) is 35.9 Å². The second kappa shape index (κ2) is 9.77. The molecule has 34 heavy (non-hydrogen) atoms. The highest BCUT2D eigenvalue weighted by Gasteiger charge is 2.36. The second-order valence-electron chi connectivity index (χ2n) is 8.64. The van der Waals surface area contributed by atoms with E-state index >= 15 is 0 Å². The molecular weight excluding hydrogens is 472 g/mol. The Hall–Kier alpha value is -2.89. The standard InChI is InChI=1S/C23H28N6O3S2/c1-4-34(31,32)17-7-5-15(6-8-17)9-19(30)27-23-28-20-18(33-23)13-29(21(20)14(2)3)12-16-10-25-22(24)26-11-16/h5-8,10-11,14,21H,4,9,12-13H2,1-3H3,(H2,24,25,26)(H,27,28,30). The Labute approximate surface area is 203 Å². The second-order valence-corrected chi connectivity index (χ2v) is 12.0. The van der Waals surface area contributed by atoms with Crippen LogP contribution in [0, 0.1) is 5.92 Å². The summed E-state index contributed by atoms with van der Waals surface area (Å²) < 4.78 is 23.9. The van der Waals surface area contributed by atoms with Gasteiger partial charge in [-0.15, -0.1) is 11.3 Å². The first-order chi connectivity index (χ1) is 16.2. The van der Waals surface area contributed by atoms with Gasteiger partial charge in [-0.1, -0.05) is 32.9 Å². The SMILES string of the molecule is CCS(=O)(=O)c1ccc(CC(=O)Nc2nc3c(s2)CN(Cc2cnc(N)nc2)C3C(C)C)cc1. The summed E-state index contributed by atoms with van der Waals surface area (Å²) in [6, 6.07) is 6.58. The Morgan fingerprint density at radius 1 is 1.21 bits per heavy atom. The molecule has 0 aliphatic carbocycles. The minimum absolute atomic E-state index is 0.0457. The van der Waals surface area contributed by atoms with Gasteiger partial charge in [-0.3, -0.25) is 9.69 Å². The molecule has 3 heterocycles. The van der Waals surface area contributed by atoms with Crippen LogP contribution in [-0.4, -0.2) is 39.9 Å². The van der Waals surface area contributed by atoms with Gasteiger partial charge >= 0.3 is 0 Å². The van der Waals surface area contributed by atoms with Crippen LogP contribution in [-0.2, 0) is 34.1 Å². The Morgan fingerprint density at radius 2 is 1.88 bits per heavy atom. The number of rotatable bonds is 8. The van der Waals surface area contributed by atoms with Crippen LogP contribution >= 0.6 is 11.3 Å². The van der Waals surface area contributed by atoms with Crippen molar-refractivity contribution in [2.45, 2.75) is 51.2 Å². The minimum Gasteiger partial charge on any atom is -0.368 e. The molecule has 0 spiro atoms. The molecule has 0 radical (unpaired) electrons. The van der Waals surface area contributed by atoms with Crippen LogP contribution in [0.5, 0.6) is 0 Å². The van der Waals surface area contributed by atoms with Gasteiger partial charge in [0.1, 0.15) is 0 Å². The van der Waals surface area contributed by atoms with Gasteiger partial charge in [-0.25, -0.2) is 23.4 Å². The number of hydrogen-bond donors (Lipinski definition) is 2. The number of nitrogens with one attached hydrogen (secondary N) is 1. The third-order valence-electron chi connectivity index (χ3n) is 5.76. The van der Waals surface area contributed by atoms with Crippen LogP contribution in [0.2, 0.25) is 0 Å². The summed E-state index contributed by atoms with van der Waals surface area (Å²) >= 11 is 1.49. The average Bonchev–Trinajstić information content (AvgIpc) is 3.31. The maximum atomic E-state index is 12.6. The minimum atomic E-state index is -3.25. The predicted octanol–water partition coefficient (Wildman–Crippen LogP) is 3.20. The van der Waals surface area contributed by atoms with Crippen molar-refractivity contribution >= 4 is 38.2 Å². The fraction of sp³-hybridized carbons (Fsp3) is 0.391. The lowest BCUT2D eigenvalue weighted by molar-refractivity contribution is -0.115. The van der Waals surface area contributed by atoms with Gasteiger partial charge in [0.05, 0.1) is 28.8 Å². The van der Waals surface area contributed by atoms with E-state index in [4.69, 9.17) is 10.7 Å². The third-order valence-corrected chi connectivity index (χ3v) is 8.49. The highest BCUT2D eigenvalue weighted by Crippen LogP contribution is 2.43. The summed E-state index contributed by atoms with van der Waals surface area (Å²) in [7, 11) is -3.25. The zero-order valence-corrected chi connectivity index (χ0v) is 21.0. The van der Waals surface area contributed by atoms with Crippen LogP contribution in [0.4, 0.5) is 11.1 Å². The first-order valence-corrected chi connectivity index (χ1v) is 13.5. The van der Waals surface area contributed by atoms with Crippen molar-refractivity contribution in [3.63, 3.8) is 0 Å². The smallest absolute Gasteiger partial charge is 0.230 e. The molecule has 0 saturated carbocycles. The molecule has 0 saturated heterocycles. The summed E-state index contributed by atoms with van der Waals surface area (Å²) in [5.74, 6) is 0.452. The molecule has 1 aromatic carbocycles. The topological polar surface area (TPSA) is 131 Å². The molecule has 1 amide bonds. The van der Waals surface area contributed by atoms with Gasteiger partial charge in [0.2, 0.25) is 11.9 Å². The monoisotopic (exact) mass is 500 g/mol. The maximum absolute atomic E-state index is 12.6. The number of benzene rings is 1. The lowest BCUT2D eigenvalue weighted by Crippen LogP contribution is -2.26. The van der Waals surface area contributed by atoms with E-state index in [0.29, 0.717) is 17.6 Å². The van der Waals surface area contributed by atoms with E-state index in [2.05, 4.69) is 34.0 Å². The molecule has 0 fully saturated rings. The van der Waals surface area contributed by atoms with E-state index in [-0.39, 0.29) is 35.0 Å². The molecule has 180 valence electrons. The molecule has 2 aromatic heterocycles. The molecule has 1 aliphatic heterocycles. The van der Waals surface area contributed by atoms with Crippen molar-refractivity contribution in [1.29, 1.82) is 0 Å². The number of carbonyl (C=O) groups is 1. The van der Waals surface area contributed by atoms with E-state index in [1.54, 1.807) is 43.6 Å². The van der Waals surface area contributed by atoms with Crippen molar-refractivity contribution in [2.24, 2.45) is 5.92 Å². The number of amides is 1. The summed E-state index contributed by atoms with van der Waals surface area (Å²) in [5, 5.41) is 3.49. The van der Waals surface area contributed by atoms with Crippen molar-refractivity contribution in [1.82, 2.24) is 19.9 Å². The quantitative estimate of drug-likeness (QED) is 0.482. The summed E-state index contributed by atoms with van der Waals surface area (Å²) in [5.41, 5.74) is 8.33. The van der Waals surface area contributed by atoms with Gasteiger partial charge in [0.25, 0.3) is 0 Å².